The summed E-state index contributed by atoms with van der Waals surface area (Å²) in [5.74, 6) is 3.76. The quantitative estimate of drug-likeness (QED) is 0.595. The maximum absolute atomic E-state index is 13.9. The summed E-state index contributed by atoms with van der Waals surface area (Å²) < 4.78 is 19.2. The Kier molecular flexibility index (Phi) is 5.65. The van der Waals surface area contributed by atoms with E-state index in [2.05, 4.69) is 10.4 Å². The number of carbonyl (C=O) groups is 1. The molecule has 1 aromatic heterocycles. The van der Waals surface area contributed by atoms with Gasteiger partial charge < -0.3 is 15.1 Å². The van der Waals surface area contributed by atoms with Crippen LogP contribution in [0.1, 0.15) is 24.2 Å². The van der Waals surface area contributed by atoms with Gasteiger partial charge in [-0.15, -0.1) is 0 Å². The third-order valence-electron chi connectivity index (χ3n) is 2.48. The molecule has 1 amide bonds. The zero-order chi connectivity index (χ0) is 14.4. The number of hydrogen-bond acceptors (Lipinski definition) is 5. The largest absolute Gasteiger partial charge is 0.377 e. The van der Waals surface area contributed by atoms with Crippen molar-refractivity contribution in [3.63, 3.8) is 0 Å². The summed E-state index contributed by atoms with van der Waals surface area (Å²) in [6.45, 7) is 4.59. The third kappa shape index (κ3) is 4.15. The second-order valence-electron chi connectivity index (χ2n) is 4.31. The summed E-state index contributed by atoms with van der Waals surface area (Å²) in [6.07, 6.45) is 1.42. The minimum Gasteiger partial charge on any atom is -0.377 e. The van der Waals surface area contributed by atoms with E-state index in [9.17, 15) is 9.18 Å². The molecule has 1 aromatic rings. The first kappa shape index (κ1) is 15.3. The number of anilines is 1. The van der Waals surface area contributed by atoms with Crippen LogP contribution in [0.2, 0.25) is 0 Å². The number of pyridine rings is 1. The first-order valence-corrected chi connectivity index (χ1v) is 5.95. The lowest BCUT2D eigenvalue weighted by Gasteiger charge is -2.18. The van der Waals surface area contributed by atoms with Gasteiger partial charge in [0.05, 0.1) is 18.3 Å². The molecule has 0 aliphatic heterocycles. The van der Waals surface area contributed by atoms with E-state index in [4.69, 9.17) is 10.6 Å². The minimum absolute atomic E-state index is 0.0741. The topological polar surface area (TPSA) is 80.5 Å². The van der Waals surface area contributed by atoms with Crippen molar-refractivity contribution in [1.29, 1.82) is 0 Å². The van der Waals surface area contributed by atoms with Crippen molar-refractivity contribution < 1.29 is 13.9 Å². The molecule has 0 aliphatic carbocycles. The van der Waals surface area contributed by atoms with Crippen molar-refractivity contribution in [3.05, 3.63) is 23.6 Å². The fourth-order valence-electron chi connectivity index (χ4n) is 1.44. The van der Waals surface area contributed by atoms with Gasteiger partial charge in [0.2, 0.25) is 0 Å². The summed E-state index contributed by atoms with van der Waals surface area (Å²) in [7, 11) is 1.58. The smallest absolute Gasteiger partial charge is 0.256 e. The van der Waals surface area contributed by atoms with Crippen LogP contribution in [0, 0.1) is 5.82 Å². The molecule has 0 spiro atoms. The monoisotopic (exact) mass is 270 g/mol. The van der Waals surface area contributed by atoms with E-state index in [0.717, 1.165) is 0 Å². The summed E-state index contributed by atoms with van der Waals surface area (Å²) in [5, 5.41) is 0. The summed E-state index contributed by atoms with van der Waals surface area (Å²) in [6, 6.07) is 1.32. The lowest BCUT2D eigenvalue weighted by molar-refractivity contribution is 0.0529. The van der Waals surface area contributed by atoms with Crippen LogP contribution in [0.4, 0.5) is 10.2 Å². The lowest BCUT2D eigenvalue weighted by Crippen LogP contribution is -2.31. The number of nitrogens with two attached hydrogens (primary N) is 1. The van der Waals surface area contributed by atoms with E-state index >= 15 is 0 Å². The number of aromatic nitrogens is 1. The second kappa shape index (κ2) is 7.01. The van der Waals surface area contributed by atoms with E-state index in [1.54, 1.807) is 7.05 Å². The molecule has 1 heterocycles. The van der Waals surface area contributed by atoms with Gasteiger partial charge in [0, 0.05) is 19.8 Å². The zero-order valence-electron chi connectivity index (χ0n) is 11.3. The number of hydrogen-bond donors (Lipinski definition) is 2. The summed E-state index contributed by atoms with van der Waals surface area (Å²) in [4.78, 5) is 17.1. The average molecular weight is 270 g/mol. The van der Waals surface area contributed by atoms with Gasteiger partial charge in [-0.3, -0.25) is 4.79 Å². The molecule has 0 bridgehead atoms. The lowest BCUT2D eigenvalue weighted by atomic mass is 10.2. The molecular formula is C12H19FN4O2. The van der Waals surface area contributed by atoms with Gasteiger partial charge in [-0.05, 0) is 19.9 Å². The fraction of sp³-hybridized carbons (Fsp3) is 0.500. The van der Waals surface area contributed by atoms with Gasteiger partial charge in [-0.25, -0.2) is 15.2 Å². The molecule has 0 aromatic carbocycles. The van der Waals surface area contributed by atoms with E-state index in [-0.39, 0.29) is 17.5 Å². The van der Waals surface area contributed by atoms with Crippen LogP contribution >= 0.6 is 0 Å². The molecule has 0 atom stereocenters. The van der Waals surface area contributed by atoms with Crippen molar-refractivity contribution in [2.75, 3.05) is 25.6 Å². The van der Waals surface area contributed by atoms with Crippen LogP contribution in [0.3, 0.4) is 0 Å². The van der Waals surface area contributed by atoms with E-state index in [1.807, 2.05) is 13.8 Å². The van der Waals surface area contributed by atoms with E-state index in [0.29, 0.717) is 13.2 Å². The van der Waals surface area contributed by atoms with Gasteiger partial charge in [0.25, 0.3) is 5.91 Å². The number of likely N-dealkylation sites (N-methyl/N-ethyl adjacent to an activating group) is 1. The molecule has 0 saturated heterocycles. The van der Waals surface area contributed by atoms with Crippen molar-refractivity contribution in [2.24, 2.45) is 5.84 Å². The number of hydrazine groups is 1. The Morgan fingerprint density at radius 3 is 2.89 bits per heavy atom. The van der Waals surface area contributed by atoms with Crippen LogP contribution in [0.15, 0.2) is 12.3 Å². The first-order chi connectivity index (χ1) is 8.97. The number of carbonyl (C=O) groups excluding carboxylic acids is 1. The van der Waals surface area contributed by atoms with Crippen molar-refractivity contribution in [1.82, 2.24) is 9.88 Å². The predicted molar refractivity (Wildman–Crippen MR) is 70.1 cm³/mol. The number of halogens is 1. The molecule has 0 aliphatic rings. The van der Waals surface area contributed by atoms with Gasteiger partial charge in [0.15, 0.2) is 11.6 Å². The Morgan fingerprint density at radius 2 is 2.32 bits per heavy atom. The second-order valence-corrected chi connectivity index (χ2v) is 4.31. The highest BCUT2D eigenvalue weighted by Gasteiger charge is 2.18. The Balaban J connectivity index is 2.71. The van der Waals surface area contributed by atoms with Gasteiger partial charge in [-0.1, -0.05) is 0 Å². The van der Waals surface area contributed by atoms with Crippen molar-refractivity contribution in [3.8, 4) is 0 Å². The minimum atomic E-state index is -0.758. The van der Waals surface area contributed by atoms with Gasteiger partial charge in [0.1, 0.15) is 0 Å². The molecule has 106 valence electrons. The normalized spacial score (nSPS) is 10.6. The molecule has 0 unspecified atom stereocenters. The van der Waals surface area contributed by atoms with Crippen LogP contribution in [0.5, 0.6) is 0 Å². The highest BCUT2D eigenvalue weighted by Crippen LogP contribution is 2.15. The number of nitrogens with zero attached hydrogens (tertiary/aromatic N) is 2. The summed E-state index contributed by atoms with van der Waals surface area (Å²) >= 11 is 0. The number of nitrogen functional groups attached to an aromatic ring is 1. The van der Waals surface area contributed by atoms with E-state index in [1.165, 1.54) is 17.2 Å². The van der Waals surface area contributed by atoms with Gasteiger partial charge in [-0.2, -0.15) is 0 Å². The predicted octanol–water partition coefficient (Wildman–Crippen LogP) is 1.00. The van der Waals surface area contributed by atoms with Crippen molar-refractivity contribution >= 4 is 11.7 Å². The van der Waals surface area contributed by atoms with Crippen LogP contribution in [0.25, 0.3) is 0 Å². The molecule has 0 fully saturated rings. The Labute approximate surface area is 111 Å². The maximum Gasteiger partial charge on any atom is 0.256 e. The molecule has 7 heteroatoms. The van der Waals surface area contributed by atoms with E-state index < -0.39 is 11.7 Å². The molecule has 0 saturated carbocycles. The molecule has 19 heavy (non-hydrogen) atoms. The number of ether oxygens (including phenoxy) is 1. The van der Waals surface area contributed by atoms with Crippen LogP contribution in [-0.2, 0) is 4.74 Å². The molecule has 0 radical (unpaired) electrons. The number of amides is 1. The molecule has 6 nitrogen and oxygen atoms in total. The Hall–Kier alpha value is -1.73. The number of rotatable bonds is 6. The standard InChI is InChI=1S/C12H19FN4O2/c1-8(2)19-7-6-17(3)12(18)9-4-5-15-11(16-14)10(9)13/h4-5,8H,6-7,14H2,1-3H3,(H,15,16). The number of nitrogens with one attached hydrogen (secondary N) is 1. The Bertz CT molecular complexity index is 440. The maximum atomic E-state index is 13.9. The van der Waals surface area contributed by atoms with Crippen LogP contribution < -0.4 is 11.3 Å². The third-order valence-corrected chi connectivity index (χ3v) is 2.48. The molecular weight excluding hydrogens is 251 g/mol. The molecule has 1 rings (SSSR count). The fourth-order valence-corrected chi connectivity index (χ4v) is 1.44. The highest BCUT2D eigenvalue weighted by molar-refractivity contribution is 5.95. The SMILES string of the molecule is CC(C)OCCN(C)C(=O)c1ccnc(NN)c1F. The van der Waals surface area contributed by atoms with Crippen LogP contribution in [-0.4, -0.2) is 42.1 Å². The Morgan fingerprint density at radius 1 is 1.63 bits per heavy atom. The van der Waals surface area contributed by atoms with Crippen molar-refractivity contribution in [2.45, 2.75) is 20.0 Å². The highest BCUT2D eigenvalue weighted by atomic mass is 19.1. The van der Waals surface area contributed by atoms with Gasteiger partial charge >= 0.3 is 0 Å². The summed E-state index contributed by atoms with van der Waals surface area (Å²) in [5.41, 5.74) is 2.03. The molecule has 3 N–H and O–H groups in total. The zero-order valence-corrected chi connectivity index (χ0v) is 11.3. The average Bonchev–Trinajstić information content (AvgIpc) is 2.37. The first-order valence-electron chi connectivity index (χ1n) is 5.95.